The molecular weight excluding hydrogens is 398 g/mol. The van der Waals surface area contributed by atoms with Crippen LogP contribution in [0, 0.1) is 10.1 Å². The Labute approximate surface area is 156 Å². The lowest BCUT2D eigenvalue weighted by Crippen LogP contribution is -2.22. The summed E-state index contributed by atoms with van der Waals surface area (Å²) in [7, 11) is 0. The van der Waals surface area contributed by atoms with Crippen molar-refractivity contribution in [3.05, 3.63) is 97.9 Å². The zero-order chi connectivity index (χ0) is 18.3. The molecule has 0 spiro atoms. The van der Waals surface area contributed by atoms with Crippen molar-refractivity contribution in [3.63, 3.8) is 0 Å². The van der Waals surface area contributed by atoms with Gasteiger partial charge in [0.2, 0.25) is 0 Å². The highest BCUT2D eigenvalue weighted by atomic mass is 79.9. The number of para-hydroxylation sites is 3. The Morgan fingerprint density at radius 1 is 0.846 bits per heavy atom. The topological polar surface area (TPSA) is 70.1 Å². The molecule has 0 N–H and O–H groups in total. The zero-order valence-electron chi connectivity index (χ0n) is 13.4. The van der Waals surface area contributed by atoms with E-state index < -0.39 is 4.92 Å². The molecule has 128 valence electrons. The molecule has 0 saturated carbocycles. The third-order valence-corrected chi connectivity index (χ3v) is 4.63. The third kappa shape index (κ3) is 2.53. The van der Waals surface area contributed by atoms with Gasteiger partial charge >= 0.3 is 5.69 Å². The predicted molar refractivity (Wildman–Crippen MR) is 103 cm³/mol. The lowest BCUT2D eigenvalue weighted by Gasteiger charge is -2.05. The number of imidazole rings is 1. The van der Waals surface area contributed by atoms with E-state index in [1.165, 1.54) is 10.6 Å². The number of hydrogen-bond acceptors (Lipinski definition) is 3. The molecule has 6 nitrogen and oxygen atoms in total. The lowest BCUT2D eigenvalue weighted by atomic mass is 10.2. The van der Waals surface area contributed by atoms with Gasteiger partial charge in [0.25, 0.3) is 5.69 Å². The van der Waals surface area contributed by atoms with Crippen molar-refractivity contribution in [1.82, 2.24) is 9.13 Å². The van der Waals surface area contributed by atoms with E-state index in [0.717, 1.165) is 0 Å². The Bertz CT molecular complexity index is 1200. The first-order valence-corrected chi connectivity index (χ1v) is 8.59. The Kier molecular flexibility index (Phi) is 3.93. The molecule has 26 heavy (non-hydrogen) atoms. The van der Waals surface area contributed by atoms with E-state index in [9.17, 15) is 14.9 Å². The van der Waals surface area contributed by atoms with Crippen LogP contribution in [0.4, 0.5) is 5.69 Å². The van der Waals surface area contributed by atoms with Crippen LogP contribution in [0.3, 0.4) is 0 Å². The van der Waals surface area contributed by atoms with Crippen molar-refractivity contribution >= 4 is 32.7 Å². The van der Waals surface area contributed by atoms with Crippen LogP contribution in [0.5, 0.6) is 0 Å². The number of hydrogen-bond donors (Lipinski definition) is 0. The highest BCUT2D eigenvalue weighted by molar-refractivity contribution is 9.10. The fraction of sp³-hybridized carbons (Fsp3) is 0. The van der Waals surface area contributed by atoms with E-state index >= 15 is 0 Å². The van der Waals surface area contributed by atoms with Crippen LogP contribution in [0.1, 0.15) is 0 Å². The van der Waals surface area contributed by atoms with Gasteiger partial charge in [0.1, 0.15) is 5.69 Å². The fourth-order valence-electron chi connectivity index (χ4n) is 3.04. The number of benzene rings is 3. The smallest absolute Gasteiger partial charge is 0.260 e. The molecule has 0 aliphatic carbocycles. The van der Waals surface area contributed by atoms with Crippen LogP contribution in [-0.2, 0) is 0 Å². The minimum absolute atomic E-state index is 0.141. The van der Waals surface area contributed by atoms with E-state index in [2.05, 4.69) is 15.9 Å². The number of nitro groups is 1. The van der Waals surface area contributed by atoms with Crippen molar-refractivity contribution in [3.8, 4) is 11.4 Å². The maximum Gasteiger partial charge on any atom is 0.338 e. The summed E-state index contributed by atoms with van der Waals surface area (Å²) in [5, 5.41) is 11.5. The van der Waals surface area contributed by atoms with Gasteiger partial charge in [0.15, 0.2) is 0 Å². The van der Waals surface area contributed by atoms with Gasteiger partial charge in [-0.25, -0.2) is 4.79 Å². The second-order valence-corrected chi connectivity index (χ2v) is 6.58. The van der Waals surface area contributed by atoms with Crippen molar-refractivity contribution in [1.29, 1.82) is 0 Å². The summed E-state index contributed by atoms with van der Waals surface area (Å²) in [6.45, 7) is 0. The first-order chi connectivity index (χ1) is 12.6. The molecule has 0 fully saturated rings. The summed E-state index contributed by atoms with van der Waals surface area (Å²) in [5.41, 5.74) is 1.72. The lowest BCUT2D eigenvalue weighted by molar-refractivity contribution is -0.384. The monoisotopic (exact) mass is 409 g/mol. The summed E-state index contributed by atoms with van der Waals surface area (Å²) >= 11 is 3.25. The van der Waals surface area contributed by atoms with Crippen LogP contribution in [0.15, 0.2) is 82.1 Å². The number of halogens is 1. The van der Waals surface area contributed by atoms with Gasteiger partial charge in [-0.05, 0) is 36.4 Å². The van der Waals surface area contributed by atoms with Gasteiger partial charge in [-0.1, -0.05) is 46.3 Å². The Morgan fingerprint density at radius 2 is 1.46 bits per heavy atom. The summed E-state index contributed by atoms with van der Waals surface area (Å²) in [6.07, 6.45) is 0. The molecule has 0 saturated heterocycles. The Hall–Kier alpha value is -3.19. The van der Waals surface area contributed by atoms with E-state index in [4.69, 9.17) is 0 Å². The number of nitro benzene ring substituents is 1. The van der Waals surface area contributed by atoms with E-state index in [1.54, 1.807) is 28.8 Å². The quantitative estimate of drug-likeness (QED) is 0.370. The van der Waals surface area contributed by atoms with Crippen LogP contribution in [0.25, 0.3) is 22.4 Å². The van der Waals surface area contributed by atoms with Crippen molar-refractivity contribution in [2.45, 2.75) is 0 Å². The largest absolute Gasteiger partial charge is 0.338 e. The maximum atomic E-state index is 13.2. The molecular formula is C19H12BrN3O3. The van der Waals surface area contributed by atoms with Crippen LogP contribution in [0.2, 0.25) is 0 Å². The molecule has 0 unspecified atom stereocenters. The Morgan fingerprint density at radius 3 is 2.12 bits per heavy atom. The SMILES string of the molecule is O=c1n(-c2ccccc2)c2ccccc2n1-c1ccc(Br)cc1[N+](=O)[O-]. The van der Waals surface area contributed by atoms with Gasteiger partial charge in [0.05, 0.1) is 21.6 Å². The molecule has 4 rings (SSSR count). The molecule has 0 amide bonds. The number of nitrogens with zero attached hydrogens (tertiary/aromatic N) is 3. The number of fused-ring (bicyclic) bond motifs is 1. The zero-order valence-corrected chi connectivity index (χ0v) is 15.0. The first-order valence-electron chi connectivity index (χ1n) is 7.80. The van der Waals surface area contributed by atoms with Gasteiger partial charge < -0.3 is 0 Å². The third-order valence-electron chi connectivity index (χ3n) is 4.14. The van der Waals surface area contributed by atoms with Crippen LogP contribution < -0.4 is 5.69 Å². The average molecular weight is 410 g/mol. The van der Waals surface area contributed by atoms with Crippen LogP contribution >= 0.6 is 15.9 Å². The molecule has 1 heterocycles. The molecule has 4 aromatic rings. The molecule has 0 radical (unpaired) electrons. The van der Waals surface area contributed by atoms with Gasteiger partial charge in [-0.15, -0.1) is 0 Å². The molecule has 1 aromatic heterocycles. The highest BCUT2D eigenvalue weighted by Gasteiger charge is 2.22. The van der Waals surface area contributed by atoms with Crippen molar-refractivity contribution in [2.75, 3.05) is 0 Å². The second kappa shape index (κ2) is 6.27. The van der Waals surface area contributed by atoms with Gasteiger partial charge in [-0.3, -0.25) is 19.2 Å². The van der Waals surface area contributed by atoms with Crippen molar-refractivity contribution in [2.24, 2.45) is 0 Å². The first kappa shape index (κ1) is 16.3. The summed E-state index contributed by atoms with van der Waals surface area (Å²) in [5.74, 6) is 0. The minimum atomic E-state index is -0.485. The molecule has 0 aliphatic rings. The molecule has 0 aliphatic heterocycles. The maximum absolute atomic E-state index is 13.2. The standard InChI is InChI=1S/C19H12BrN3O3/c20-13-10-11-17(18(12-13)23(25)26)22-16-9-5-4-8-15(16)21(19(22)24)14-6-2-1-3-7-14/h1-12H. The van der Waals surface area contributed by atoms with E-state index in [-0.39, 0.29) is 17.1 Å². The highest BCUT2D eigenvalue weighted by Crippen LogP contribution is 2.29. The average Bonchev–Trinajstić information content (AvgIpc) is 2.94. The minimum Gasteiger partial charge on any atom is -0.260 e. The van der Waals surface area contributed by atoms with Gasteiger partial charge in [0, 0.05) is 10.5 Å². The molecule has 3 aromatic carbocycles. The van der Waals surface area contributed by atoms with Crippen LogP contribution in [-0.4, -0.2) is 14.1 Å². The Balaban J connectivity index is 2.13. The predicted octanol–water partition coefficient (Wildman–Crippen LogP) is 4.45. The molecule has 0 bridgehead atoms. The van der Waals surface area contributed by atoms with Gasteiger partial charge in [-0.2, -0.15) is 0 Å². The normalized spacial score (nSPS) is 11.0. The van der Waals surface area contributed by atoms with Crippen molar-refractivity contribution < 1.29 is 4.92 Å². The summed E-state index contributed by atoms with van der Waals surface area (Å²) in [6, 6.07) is 21.1. The van der Waals surface area contributed by atoms with E-state index in [1.807, 2.05) is 42.5 Å². The number of rotatable bonds is 3. The molecule has 0 atom stereocenters. The fourth-order valence-corrected chi connectivity index (χ4v) is 3.39. The number of aromatic nitrogens is 2. The second-order valence-electron chi connectivity index (χ2n) is 5.67. The summed E-state index contributed by atoms with van der Waals surface area (Å²) in [4.78, 5) is 24.3. The van der Waals surface area contributed by atoms with E-state index in [0.29, 0.717) is 21.2 Å². The summed E-state index contributed by atoms with van der Waals surface area (Å²) < 4.78 is 3.52. The molecule has 7 heteroatoms.